The lowest BCUT2D eigenvalue weighted by Gasteiger charge is -2.35. The number of primary amides is 1. The Hall–Kier alpha value is -3.88. The fraction of sp³-hybridized carbons (Fsp3) is 0.448. The molecule has 4 N–H and O–H groups in total. The first-order chi connectivity index (χ1) is 17.9. The van der Waals surface area contributed by atoms with E-state index in [1.807, 2.05) is 68.4 Å². The molecule has 4 unspecified atom stereocenters. The molecular weight excluding hydrogens is 484 g/mol. The van der Waals surface area contributed by atoms with Crippen LogP contribution in [0.2, 0.25) is 0 Å². The van der Waals surface area contributed by atoms with Gasteiger partial charge in [0.05, 0.1) is 6.42 Å². The number of rotatable bonds is 10. The van der Waals surface area contributed by atoms with Crippen molar-refractivity contribution in [1.82, 2.24) is 15.5 Å². The number of hydrogen-bond acceptors (Lipinski definition) is 5. The third-order valence-corrected chi connectivity index (χ3v) is 6.30. The average molecular weight is 523 g/mol. The predicted molar refractivity (Wildman–Crippen MR) is 144 cm³/mol. The number of nitrogens with two attached hydrogens (primary N) is 1. The number of nitrogens with zero attached hydrogens (tertiary/aromatic N) is 1. The van der Waals surface area contributed by atoms with Crippen LogP contribution in [0, 0.1) is 12.8 Å². The smallest absolute Gasteiger partial charge is 0.408 e. The highest BCUT2D eigenvalue weighted by molar-refractivity contribution is 5.95. The van der Waals surface area contributed by atoms with Crippen LogP contribution in [-0.4, -0.2) is 46.4 Å². The second-order valence-electron chi connectivity index (χ2n) is 10.9. The molecule has 9 heteroatoms. The van der Waals surface area contributed by atoms with E-state index in [1.54, 1.807) is 20.8 Å². The van der Waals surface area contributed by atoms with Crippen LogP contribution in [0.3, 0.4) is 0 Å². The molecule has 4 atom stereocenters. The van der Waals surface area contributed by atoms with Crippen LogP contribution < -0.4 is 16.4 Å². The van der Waals surface area contributed by atoms with Crippen molar-refractivity contribution in [1.29, 1.82) is 0 Å². The number of nitrogens with one attached hydrogen (secondary N) is 2. The standard InChI is InChI=1S/C29H38N4O5/c1-18-11-13-21(14-12-18)25(26(35)31-17-20-9-7-6-8-10-20)33(23-15-19(23)2)27(36)22(16-24(30)34)32-28(37)38-29(3,4)5/h6-14,19,22-23,25H,15-17H2,1-5H3,(H2,30,34)(H,31,35)(H,32,37). The molecule has 0 spiro atoms. The first kappa shape index (κ1) is 28.7. The van der Waals surface area contributed by atoms with E-state index in [9.17, 15) is 19.2 Å². The van der Waals surface area contributed by atoms with Gasteiger partial charge in [-0.3, -0.25) is 14.4 Å². The number of carbonyl (C=O) groups excluding carboxylic acids is 4. The summed E-state index contributed by atoms with van der Waals surface area (Å²) in [5, 5.41) is 5.47. The second-order valence-corrected chi connectivity index (χ2v) is 10.9. The molecule has 0 saturated heterocycles. The maximum Gasteiger partial charge on any atom is 0.408 e. The van der Waals surface area contributed by atoms with E-state index in [-0.39, 0.29) is 24.4 Å². The molecule has 2 aromatic carbocycles. The van der Waals surface area contributed by atoms with Crippen molar-refractivity contribution in [3.05, 3.63) is 71.3 Å². The second kappa shape index (κ2) is 12.1. The van der Waals surface area contributed by atoms with Gasteiger partial charge in [0.2, 0.25) is 17.7 Å². The van der Waals surface area contributed by atoms with Crippen molar-refractivity contribution >= 4 is 23.8 Å². The van der Waals surface area contributed by atoms with Gasteiger partial charge in [-0.15, -0.1) is 0 Å². The molecule has 204 valence electrons. The summed E-state index contributed by atoms with van der Waals surface area (Å²) in [5.74, 6) is -1.54. The van der Waals surface area contributed by atoms with Gasteiger partial charge in [0.15, 0.2) is 0 Å². The summed E-state index contributed by atoms with van der Waals surface area (Å²) in [7, 11) is 0. The molecule has 0 bridgehead atoms. The van der Waals surface area contributed by atoms with Crippen LogP contribution in [0.4, 0.5) is 4.79 Å². The molecule has 9 nitrogen and oxygen atoms in total. The van der Waals surface area contributed by atoms with Crippen molar-refractivity contribution < 1.29 is 23.9 Å². The van der Waals surface area contributed by atoms with Gasteiger partial charge < -0.3 is 26.0 Å². The Bertz CT molecular complexity index is 1140. The van der Waals surface area contributed by atoms with Crippen molar-refractivity contribution in [2.75, 3.05) is 0 Å². The number of hydrogen-bond donors (Lipinski definition) is 3. The van der Waals surface area contributed by atoms with Gasteiger partial charge >= 0.3 is 6.09 Å². The Balaban J connectivity index is 1.96. The van der Waals surface area contributed by atoms with E-state index in [1.165, 1.54) is 4.90 Å². The topological polar surface area (TPSA) is 131 Å². The van der Waals surface area contributed by atoms with E-state index in [4.69, 9.17) is 10.5 Å². The Morgan fingerprint density at radius 2 is 1.66 bits per heavy atom. The Morgan fingerprint density at radius 3 is 2.18 bits per heavy atom. The van der Waals surface area contributed by atoms with E-state index in [2.05, 4.69) is 10.6 Å². The fourth-order valence-electron chi connectivity index (χ4n) is 4.27. The van der Waals surface area contributed by atoms with Crippen LogP contribution in [0.15, 0.2) is 54.6 Å². The van der Waals surface area contributed by atoms with Gasteiger partial charge in [0, 0.05) is 12.6 Å². The number of alkyl carbamates (subject to hydrolysis) is 1. The molecule has 2 aromatic rings. The highest BCUT2D eigenvalue weighted by Gasteiger charge is 2.48. The van der Waals surface area contributed by atoms with Crippen LogP contribution in [0.1, 0.15) is 63.3 Å². The lowest BCUT2D eigenvalue weighted by molar-refractivity contribution is -0.144. The first-order valence-electron chi connectivity index (χ1n) is 12.8. The third kappa shape index (κ3) is 8.06. The molecule has 4 amide bonds. The molecule has 0 aromatic heterocycles. The monoisotopic (exact) mass is 522 g/mol. The van der Waals surface area contributed by atoms with Crippen LogP contribution in [-0.2, 0) is 25.7 Å². The molecular formula is C29H38N4O5. The van der Waals surface area contributed by atoms with E-state index in [0.717, 1.165) is 11.1 Å². The molecule has 1 aliphatic carbocycles. The largest absolute Gasteiger partial charge is 0.444 e. The van der Waals surface area contributed by atoms with Crippen LogP contribution >= 0.6 is 0 Å². The quantitative estimate of drug-likeness (QED) is 0.440. The minimum absolute atomic E-state index is 0.143. The fourth-order valence-corrected chi connectivity index (χ4v) is 4.27. The van der Waals surface area contributed by atoms with Crippen molar-refractivity contribution in [3.8, 4) is 0 Å². The number of carbonyl (C=O) groups is 4. The minimum atomic E-state index is -1.29. The number of aryl methyl sites for hydroxylation is 1. The van der Waals surface area contributed by atoms with Crippen LogP contribution in [0.5, 0.6) is 0 Å². The predicted octanol–water partition coefficient (Wildman–Crippen LogP) is 3.36. The van der Waals surface area contributed by atoms with E-state index < -0.39 is 42.0 Å². The Kier molecular flexibility index (Phi) is 9.14. The van der Waals surface area contributed by atoms with Crippen molar-refractivity contribution in [2.45, 2.75) is 77.7 Å². The molecule has 1 saturated carbocycles. The molecule has 0 heterocycles. The zero-order valence-corrected chi connectivity index (χ0v) is 22.7. The number of benzene rings is 2. The SMILES string of the molecule is Cc1ccc(C(C(=O)NCc2ccccc2)N(C(=O)C(CC(N)=O)NC(=O)OC(C)(C)C)C2CC2C)cc1. The molecule has 3 rings (SSSR count). The summed E-state index contributed by atoms with van der Waals surface area (Å²) in [5.41, 5.74) is 7.19. The number of ether oxygens (including phenoxy) is 1. The summed E-state index contributed by atoms with van der Waals surface area (Å²) in [6.07, 6.45) is -0.584. The molecule has 0 aliphatic heterocycles. The highest BCUT2D eigenvalue weighted by Crippen LogP contribution is 2.41. The van der Waals surface area contributed by atoms with E-state index >= 15 is 0 Å². The summed E-state index contributed by atoms with van der Waals surface area (Å²) in [4.78, 5) is 53.7. The Labute approximate surface area is 224 Å². The van der Waals surface area contributed by atoms with Gasteiger partial charge in [-0.25, -0.2) is 4.79 Å². The van der Waals surface area contributed by atoms with Gasteiger partial charge in [-0.1, -0.05) is 67.1 Å². The molecule has 1 aliphatic rings. The minimum Gasteiger partial charge on any atom is -0.444 e. The molecule has 0 radical (unpaired) electrons. The molecule has 38 heavy (non-hydrogen) atoms. The zero-order valence-electron chi connectivity index (χ0n) is 22.7. The van der Waals surface area contributed by atoms with Gasteiger partial charge in [0.25, 0.3) is 0 Å². The lowest BCUT2D eigenvalue weighted by Crippen LogP contribution is -2.55. The maximum absolute atomic E-state index is 14.0. The first-order valence-corrected chi connectivity index (χ1v) is 12.8. The summed E-state index contributed by atoms with van der Waals surface area (Å²) >= 11 is 0. The van der Waals surface area contributed by atoms with Crippen molar-refractivity contribution in [2.24, 2.45) is 11.7 Å². The van der Waals surface area contributed by atoms with Gasteiger partial charge in [-0.05, 0) is 51.2 Å². The average Bonchev–Trinajstić information content (AvgIpc) is 3.55. The van der Waals surface area contributed by atoms with Gasteiger partial charge in [0.1, 0.15) is 17.7 Å². The Morgan fingerprint density at radius 1 is 1.05 bits per heavy atom. The van der Waals surface area contributed by atoms with E-state index in [0.29, 0.717) is 12.0 Å². The zero-order chi connectivity index (χ0) is 28.0. The lowest BCUT2D eigenvalue weighted by atomic mass is 10.00. The third-order valence-electron chi connectivity index (χ3n) is 6.30. The normalized spacial score (nSPS) is 18.0. The van der Waals surface area contributed by atoms with Gasteiger partial charge in [-0.2, -0.15) is 0 Å². The number of amides is 4. The molecule has 1 fully saturated rings. The maximum atomic E-state index is 14.0. The summed E-state index contributed by atoms with van der Waals surface area (Å²) in [6, 6.07) is 14.4. The summed E-state index contributed by atoms with van der Waals surface area (Å²) < 4.78 is 5.32. The van der Waals surface area contributed by atoms with Crippen molar-refractivity contribution in [3.63, 3.8) is 0 Å². The highest BCUT2D eigenvalue weighted by atomic mass is 16.6. The summed E-state index contributed by atoms with van der Waals surface area (Å²) in [6.45, 7) is 9.29. The van der Waals surface area contributed by atoms with Crippen LogP contribution in [0.25, 0.3) is 0 Å².